The summed E-state index contributed by atoms with van der Waals surface area (Å²) in [6.07, 6.45) is 3.03. The van der Waals surface area contributed by atoms with Crippen LogP contribution >= 0.6 is 0 Å². The molecular weight excluding hydrogens is 382 g/mol. The Morgan fingerprint density at radius 1 is 1.03 bits per heavy atom. The highest BCUT2D eigenvalue weighted by molar-refractivity contribution is 5.95. The van der Waals surface area contributed by atoms with E-state index in [2.05, 4.69) is 60.0 Å². The van der Waals surface area contributed by atoms with Crippen molar-refractivity contribution in [2.45, 2.75) is 25.9 Å². The summed E-state index contributed by atoms with van der Waals surface area (Å²) in [4.78, 5) is 0. The Kier molecular flexibility index (Phi) is 5.30. The molecule has 0 spiro atoms. The van der Waals surface area contributed by atoms with Crippen LogP contribution in [0.25, 0.3) is 33.2 Å². The molecule has 4 heteroatoms. The number of nitrogens with one attached hydrogen (secondary N) is 2. The van der Waals surface area contributed by atoms with Crippen molar-refractivity contribution in [1.82, 2.24) is 10.6 Å². The zero-order valence-corrected chi connectivity index (χ0v) is 17.6. The van der Waals surface area contributed by atoms with Gasteiger partial charge in [-0.15, -0.1) is 0 Å². The first kappa shape index (κ1) is 19.6. The third-order valence-electron chi connectivity index (χ3n) is 6.12. The van der Waals surface area contributed by atoms with Crippen molar-refractivity contribution in [3.8, 4) is 28.3 Å². The van der Waals surface area contributed by atoms with E-state index < -0.39 is 0 Å². The fraction of sp³-hybridized carbons (Fsp3) is 0.222. The van der Waals surface area contributed by atoms with Crippen molar-refractivity contribution in [3.05, 3.63) is 83.6 Å². The Labute approximate surface area is 182 Å². The molecule has 1 fully saturated rings. The van der Waals surface area contributed by atoms with Crippen LogP contribution in [-0.4, -0.2) is 19.1 Å². The van der Waals surface area contributed by atoms with Crippen molar-refractivity contribution in [1.29, 1.82) is 5.26 Å². The van der Waals surface area contributed by atoms with Gasteiger partial charge in [-0.25, -0.2) is 0 Å². The van der Waals surface area contributed by atoms with Crippen LogP contribution in [0.5, 0.6) is 0 Å². The first-order valence-electron chi connectivity index (χ1n) is 10.8. The molecule has 0 aliphatic carbocycles. The van der Waals surface area contributed by atoms with Crippen LogP contribution in [0.1, 0.15) is 23.1 Å². The number of nitriles is 1. The van der Waals surface area contributed by atoms with E-state index in [0.29, 0.717) is 11.6 Å². The van der Waals surface area contributed by atoms with Crippen molar-refractivity contribution >= 4 is 11.0 Å². The van der Waals surface area contributed by atoms with Crippen molar-refractivity contribution < 1.29 is 4.42 Å². The number of rotatable bonds is 5. The fourth-order valence-corrected chi connectivity index (χ4v) is 4.28. The SMILES string of the molecule is Cc1ccc(-c2cc3occ(CN[C@@H]4CCNC4)c3cc2-c2ccc(C#N)cc2)cc1. The molecular formula is C27H25N3O. The molecule has 0 bridgehead atoms. The molecule has 5 rings (SSSR count). The van der Waals surface area contributed by atoms with Crippen LogP contribution in [0.4, 0.5) is 0 Å². The summed E-state index contributed by atoms with van der Waals surface area (Å²) < 4.78 is 5.98. The van der Waals surface area contributed by atoms with Gasteiger partial charge in [-0.05, 0) is 66.4 Å². The maximum absolute atomic E-state index is 9.18. The van der Waals surface area contributed by atoms with Gasteiger partial charge >= 0.3 is 0 Å². The highest BCUT2D eigenvalue weighted by atomic mass is 16.3. The molecule has 0 unspecified atom stereocenters. The second-order valence-electron chi connectivity index (χ2n) is 8.28. The largest absolute Gasteiger partial charge is 0.464 e. The van der Waals surface area contributed by atoms with Crippen LogP contribution in [0.15, 0.2) is 71.3 Å². The van der Waals surface area contributed by atoms with Gasteiger partial charge in [0.1, 0.15) is 5.58 Å². The van der Waals surface area contributed by atoms with Crippen LogP contribution in [-0.2, 0) is 6.54 Å². The zero-order chi connectivity index (χ0) is 21.2. The highest BCUT2D eigenvalue weighted by Crippen LogP contribution is 2.37. The summed E-state index contributed by atoms with van der Waals surface area (Å²) in [5.41, 5.74) is 8.49. The number of hydrogen-bond acceptors (Lipinski definition) is 4. The lowest BCUT2D eigenvalue weighted by molar-refractivity contribution is 0.541. The molecule has 1 atom stereocenters. The first-order chi connectivity index (χ1) is 15.2. The molecule has 1 saturated heterocycles. The predicted molar refractivity (Wildman–Crippen MR) is 125 cm³/mol. The van der Waals surface area contributed by atoms with Gasteiger partial charge in [0.2, 0.25) is 0 Å². The van der Waals surface area contributed by atoms with Gasteiger partial charge in [-0.2, -0.15) is 5.26 Å². The van der Waals surface area contributed by atoms with Gasteiger partial charge in [0.15, 0.2) is 0 Å². The second kappa shape index (κ2) is 8.39. The lowest BCUT2D eigenvalue weighted by atomic mass is 9.92. The number of furan rings is 1. The van der Waals surface area contributed by atoms with Crippen LogP contribution in [0.2, 0.25) is 0 Å². The Bertz CT molecular complexity index is 1240. The molecule has 154 valence electrons. The third kappa shape index (κ3) is 3.98. The lowest BCUT2D eigenvalue weighted by Gasteiger charge is -2.13. The highest BCUT2D eigenvalue weighted by Gasteiger charge is 2.17. The van der Waals surface area contributed by atoms with E-state index in [1.165, 1.54) is 11.1 Å². The van der Waals surface area contributed by atoms with E-state index in [0.717, 1.165) is 59.3 Å². The van der Waals surface area contributed by atoms with Crippen LogP contribution in [0.3, 0.4) is 0 Å². The average Bonchev–Trinajstić information content (AvgIpc) is 3.47. The first-order valence-corrected chi connectivity index (χ1v) is 10.8. The number of aryl methyl sites for hydroxylation is 1. The molecule has 31 heavy (non-hydrogen) atoms. The third-order valence-corrected chi connectivity index (χ3v) is 6.12. The minimum atomic E-state index is 0.509. The predicted octanol–water partition coefficient (Wildman–Crippen LogP) is 5.40. The summed E-state index contributed by atoms with van der Waals surface area (Å²) in [6, 6.07) is 23.5. The summed E-state index contributed by atoms with van der Waals surface area (Å²) in [6.45, 7) is 4.98. The van der Waals surface area contributed by atoms with Gasteiger partial charge in [-0.3, -0.25) is 0 Å². The Balaban J connectivity index is 1.60. The molecule has 0 amide bonds. The van der Waals surface area contributed by atoms with E-state index in [9.17, 15) is 5.26 Å². The summed E-state index contributed by atoms with van der Waals surface area (Å²) in [7, 11) is 0. The van der Waals surface area contributed by atoms with E-state index >= 15 is 0 Å². The van der Waals surface area contributed by atoms with Gasteiger partial charge in [-0.1, -0.05) is 42.0 Å². The smallest absolute Gasteiger partial charge is 0.134 e. The number of fused-ring (bicyclic) bond motifs is 1. The van der Waals surface area contributed by atoms with Gasteiger partial charge in [0.25, 0.3) is 0 Å². The zero-order valence-electron chi connectivity index (χ0n) is 17.6. The minimum Gasteiger partial charge on any atom is -0.464 e. The maximum atomic E-state index is 9.18. The normalized spacial score (nSPS) is 15.9. The Hall–Kier alpha value is -3.39. The number of benzene rings is 3. The molecule has 1 aliphatic heterocycles. The molecule has 0 saturated carbocycles. The summed E-state index contributed by atoms with van der Waals surface area (Å²) in [5, 5.41) is 17.4. The average molecular weight is 408 g/mol. The molecule has 1 aromatic heterocycles. The van der Waals surface area contributed by atoms with E-state index in [1.807, 2.05) is 30.5 Å². The molecule has 2 N–H and O–H groups in total. The van der Waals surface area contributed by atoms with Crippen LogP contribution < -0.4 is 10.6 Å². The molecule has 2 heterocycles. The minimum absolute atomic E-state index is 0.509. The van der Waals surface area contributed by atoms with E-state index in [-0.39, 0.29) is 0 Å². The van der Waals surface area contributed by atoms with E-state index in [1.54, 1.807) is 0 Å². The molecule has 3 aromatic carbocycles. The molecule has 4 nitrogen and oxygen atoms in total. The Morgan fingerprint density at radius 2 is 1.74 bits per heavy atom. The summed E-state index contributed by atoms with van der Waals surface area (Å²) >= 11 is 0. The van der Waals surface area contributed by atoms with E-state index in [4.69, 9.17) is 4.42 Å². The van der Waals surface area contributed by atoms with Crippen molar-refractivity contribution in [3.63, 3.8) is 0 Å². The van der Waals surface area contributed by atoms with Gasteiger partial charge < -0.3 is 15.1 Å². The lowest BCUT2D eigenvalue weighted by Crippen LogP contribution is -2.30. The number of hydrogen-bond donors (Lipinski definition) is 2. The molecule has 1 aliphatic rings. The molecule has 0 radical (unpaired) electrons. The number of nitrogens with zero attached hydrogens (tertiary/aromatic N) is 1. The van der Waals surface area contributed by atoms with Crippen molar-refractivity contribution in [2.75, 3.05) is 13.1 Å². The van der Waals surface area contributed by atoms with Crippen molar-refractivity contribution in [2.24, 2.45) is 0 Å². The van der Waals surface area contributed by atoms with Gasteiger partial charge in [0.05, 0.1) is 17.9 Å². The van der Waals surface area contributed by atoms with Crippen LogP contribution in [0, 0.1) is 18.3 Å². The summed E-state index contributed by atoms with van der Waals surface area (Å²) in [5.74, 6) is 0. The Morgan fingerprint density at radius 3 is 2.42 bits per heavy atom. The molecule has 4 aromatic rings. The quantitative estimate of drug-likeness (QED) is 0.465. The topological polar surface area (TPSA) is 61.0 Å². The standard InChI is InChI=1S/C27H25N3O/c1-18-2-6-20(7-3-18)25-13-27-26(12-24(25)21-8-4-19(14-28)5-9-21)22(17-31-27)15-30-23-10-11-29-16-23/h2-9,12-13,17,23,29-30H,10-11,15-16H2,1H3/t23-/m1/s1. The fourth-order valence-electron chi connectivity index (χ4n) is 4.28. The second-order valence-corrected chi connectivity index (χ2v) is 8.28. The monoisotopic (exact) mass is 407 g/mol. The maximum Gasteiger partial charge on any atom is 0.134 e. The van der Waals surface area contributed by atoms with Gasteiger partial charge in [0, 0.05) is 30.1 Å².